The Balaban J connectivity index is 2.84. The normalized spacial score (nSPS) is 25.9. The highest BCUT2D eigenvalue weighted by Gasteiger charge is 2.20. The first-order valence-corrected chi connectivity index (χ1v) is 4.38. The monoisotopic (exact) mass is 188 g/mol. The van der Waals surface area contributed by atoms with Gasteiger partial charge in [-0.3, -0.25) is 0 Å². The van der Waals surface area contributed by atoms with Gasteiger partial charge in [-0.25, -0.2) is 8.78 Å². The first-order valence-electron chi connectivity index (χ1n) is 4.38. The molecule has 2 atom stereocenters. The number of allylic oxidation sites excluding steroid dienone is 3. The molecule has 0 aromatic heterocycles. The SMILES string of the molecule is CC1=C(CC(C)O)C=C(F)CC1F. The summed E-state index contributed by atoms with van der Waals surface area (Å²) in [4.78, 5) is 0. The van der Waals surface area contributed by atoms with E-state index in [0.717, 1.165) is 0 Å². The van der Waals surface area contributed by atoms with E-state index in [-0.39, 0.29) is 6.42 Å². The minimum Gasteiger partial charge on any atom is -0.393 e. The van der Waals surface area contributed by atoms with Crippen molar-refractivity contribution < 1.29 is 13.9 Å². The van der Waals surface area contributed by atoms with Crippen molar-refractivity contribution in [2.24, 2.45) is 0 Å². The summed E-state index contributed by atoms with van der Waals surface area (Å²) < 4.78 is 25.9. The molecule has 0 aliphatic heterocycles. The summed E-state index contributed by atoms with van der Waals surface area (Å²) in [5.41, 5.74) is 1.13. The van der Waals surface area contributed by atoms with E-state index in [1.165, 1.54) is 6.08 Å². The summed E-state index contributed by atoms with van der Waals surface area (Å²) in [5.74, 6) is -0.436. The van der Waals surface area contributed by atoms with Crippen LogP contribution in [0.1, 0.15) is 26.7 Å². The summed E-state index contributed by atoms with van der Waals surface area (Å²) in [6, 6.07) is 0. The molecule has 0 aromatic carbocycles. The van der Waals surface area contributed by atoms with Crippen LogP contribution in [-0.4, -0.2) is 17.4 Å². The fraction of sp³-hybridized carbons (Fsp3) is 0.600. The average molecular weight is 188 g/mol. The van der Waals surface area contributed by atoms with E-state index in [4.69, 9.17) is 5.11 Å². The van der Waals surface area contributed by atoms with E-state index in [9.17, 15) is 8.78 Å². The molecule has 0 saturated heterocycles. The Kier molecular flexibility index (Phi) is 3.20. The molecule has 1 rings (SSSR count). The Labute approximate surface area is 76.8 Å². The first kappa shape index (κ1) is 10.4. The quantitative estimate of drug-likeness (QED) is 0.706. The van der Waals surface area contributed by atoms with Crippen LogP contribution in [0.5, 0.6) is 0 Å². The van der Waals surface area contributed by atoms with Crippen LogP contribution in [0.3, 0.4) is 0 Å². The van der Waals surface area contributed by atoms with Gasteiger partial charge in [-0.1, -0.05) is 0 Å². The van der Waals surface area contributed by atoms with E-state index in [2.05, 4.69) is 0 Å². The predicted octanol–water partition coefficient (Wildman–Crippen LogP) is 2.67. The summed E-state index contributed by atoms with van der Waals surface area (Å²) in [6.45, 7) is 3.25. The van der Waals surface area contributed by atoms with Gasteiger partial charge in [-0.05, 0) is 37.5 Å². The predicted molar refractivity (Wildman–Crippen MR) is 47.7 cm³/mol. The molecular formula is C10H14F2O. The lowest BCUT2D eigenvalue weighted by Crippen LogP contribution is -2.12. The highest BCUT2D eigenvalue weighted by Crippen LogP contribution is 2.29. The fourth-order valence-electron chi connectivity index (χ4n) is 1.43. The molecular weight excluding hydrogens is 174 g/mol. The molecule has 0 bridgehead atoms. The average Bonchev–Trinajstić information content (AvgIpc) is 1.98. The van der Waals surface area contributed by atoms with Crippen molar-refractivity contribution in [1.29, 1.82) is 0 Å². The second kappa shape index (κ2) is 4.01. The summed E-state index contributed by atoms with van der Waals surface area (Å²) in [7, 11) is 0. The van der Waals surface area contributed by atoms with Gasteiger partial charge in [0.25, 0.3) is 0 Å². The third-order valence-corrected chi connectivity index (χ3v) is 2.20. The van der Waals surface area contributed by atoms with Crippen molar-refractivity contribution in [2.75, 3.05) is 0 Å². The number of hydrogen-bond acceptors (Lipinski definition) is 1. The van der Waals surface area contributed by atoms with Crippen LogP contribution in [0, 0.1) is 0 Å². The molecule has 0 saturated carbocycles. The van der Waals surface area contributed by atoms with E-state index in [0.29, 0.717) is 17.6 Å². The molecule has 74 valence electrons. The van der Waals surface area contributed by atoms with E-state index >= 15 is 0 Å². The van der Waals surface area contributed by atoms with Crippen LogP contribution < -0.4 is 0 Å². The minimum atomic E-state index is -1.22. The number of rotatable bonds is 2. The highest BCUT2D eigenvalue weighted by molar-refractivity contribution is 5.33. The van der Waals surface area contributed by atoms with Crippen LogP contribution in [0.15, 0.2) is 23.0 Å². The zero-order chi connectivity index (χ0) is 10.0. The van der Waals surface area contributed by atoms with E-state index < -0.39 is 18.1 Å². The molecule has 13 heavy (non-hydrogen) atoms. The zero-order valence-electron chi connectivity index (χ0n) is 7.85. The Hall–Kier alpha value is -0.700. The number of alkyl halides is 1. The molecule has 0 fully saturated rings. The van der Waals surface area contributed by atoms with Crippen LogP contribution in [0.2, 0.25) is 0 Å². The third kappa shape index (κ3) is 2.62. The minimum absolute atomic E-state index is 0.158. The standard InChI is InChI=1S/C10H14F2O/c1-6(13)3-8-4-9(11)5-10(12)7(8)2/h4,6,10,13H,3,5H2,1-2H3. The topological polar surface area (TPSA) is 20.2 Å². The van der Waals surface area contributed by atoms with Gasteiger partial charge >= 0.3 is 0 Å². The van der Waals surface area contributed by atoms with Gasteiger partial charge in [0.2, 0.25) is 0 Å². The van der Waals surface area contributed by atoms with Gasteiger partial charge in [0, 0.05) is 6.42 Å². The largest absolute Gasteiger partial charge is 0.393 e. The van der Waals surface area contributed by atoms with Crippen molar-refractivity contribution in [1.82, 2.24) is 0 Å². The van der Waals surface area contributed by atoms with Crippen molar-refractivity contribution in [3.05, 3.63) is 23.0 Å². The van der Waals surface area contributed by atoms with Crippen molar-refractivity contribution in [3.63, 3.8) is 0 Å². The van der Waals surface area contributed by atoms with Crippen LogP contribution in [-0.2, 0) is 0 Å². The maximum absolute atomic E-state index is 13.1. The van der Waals surface area contributed by atoms with Gasteiger partial charge in [0.1, 0.15) is 12.0 Å². The molecule has 1 aliphatic rings. The van der Waals surface area contributed by atoms with Crippen LogP contribution >= 0.6 is 0 Å². The summed E-state index contributed by atoms with van der Waals surface area (Å²) >= 11 is 0. The number of halogens is 2. The maximum Gasteiger partial charge on any atom is 0.128 e. The molecule has 1 aliphatic carbocycles. The maximum atomic E-state index is 13.1. The van der Waals surface area contributed by atoms with Crippen molar-refractivity contribution >= 4 is 0 Å². The Bertz CT molecular complexity index is 254. The molecule has 3 heteroatoms. The van der Waals surface area contributed by atoms with Gasteiger partial charge in [-0.15, -0.1) is 0 Å². The molecule has 0 radical (unpaired) electrons. The second-order valence-electron chi connectivity index (χ2n) is 3.52. The summed E-state index contributed by atoms with van der Waals surface area (Å²) in [6.07, 6.45) is -0.287. The van der Waals surface area contributed by atoms with Crippen LogP contribution in [0.4, 0.5) is 8.78 Å². The Morgan fingerprint density at radius 3 is 2.85 bits per heavy atom. The molecule has 0 amide bonds. The van der Waals surface area contributed by atoms with Gasteiger partial charge in [-0.2, -0.15) is 0 Å². The van der Waals surface area contributed by atoms with Gasteiger partial charge < -0.3 is 5.11 Å². The first-order chi connectivity index (χ1) is 6.00. The van der Waals surface area contributed by atoms with Gasteiger partial charge in [0.15, 0.2) is 0 Å². The van der Waals surface area contributed by atoms with Crippen molar-refractivity contribution in [3.8, 4) is 0 Å². The molecule has 1 nitrogen and oxygen atoms in total. The number of aliphatic hydroxyl groups is 1. The number of aliphatic hydroxyl groups excluding tert-OH is 1. The molecule has 2 unspecified atom stereocenters. The van der Waals surface area contributed by atoms with Crippen molar-refractivity contribution in [2.45, 2.75) is 39.0 Å². The smallest absolute Gasteiger partial charge is 0.128 e. The van der Waals surface area contributed by atoms with Crippen LogP contribution in [0.25, 0.3) is 0 Å². The molecule has 0 heterocycles. The fourth-order valence-corrected chi connectivity index (χ4v) is 1.43. The Morgan fingerprint density at radius 1 is 1.69 bits per heavy atom. The molecule has 0 aromatic rings. The lowest BCUT2D eigenvalue weighted by atomic mass is 9.93. The zero-order valence-corrected chi connectivity index (χ0v) is 7.85. The number of hydrogen-bond donors (Lipinski definition) is 1. The van der Waals surface area contributed by atoms with Gasteiger partial charge in [0.05, 0.1) is 6.10 Å². The van der Waals surface area contributed by atoms with E-state index in [1.54, 1.807) is 13.8 Å². The lowest BCUT2D eigenvalue weighted by molar-refractivity contribution is 0.195. The lowest BCUT2D eigenvalue weighted by Gasteiger charge is -2.18. The van der Waals surface area contributed by atoms with E-state index in [1.807, 2.05) is 0 Å². The summed E-state index contributed by atoms with van der Waals surface area (Å²) in [5, 5.41) is 9.09. The molecule has 1 N–H and O–H groups in total. The Morgan fingerprint density at radius 2 is 2.31 bits per heavy atom. The second-order valence-corrected chi connectivity index (χ2v) is 3.52. The third-order valence-electron chi connectivity index (χ3n) is 2.20. The highest BCUT2D eigenvalue weighted by atomic mass is 19.1. The molecule has 0 spiro atoms.